The van der Waals surface area contributed by atoms with E-state index in [1.165, 1.54) is 6.42 Å². The quantitative estimate of drug-likeness (QED) is 0.473. The van der Waals surface area contributed by atoms with Crippen molar-refractivity contribution < 1.29 is 9.53 Å². The van der Waals surface area contributed by atoms with Gasteiger partial charge in [-0.1, -0.05) is 43.0 Å². The molecule has 0 saturated heterocycles. The third-order valence-electron chi connectivity index (χ3n) is 6.07. The van der Waals surface area contributed by atoms with E-state index in [-0.39, 0.29) is 24.2 Å². The molecule has 1 aliphatic carbocycles. The topological polar surface area (TPSA) is 74.4 Å². The van der Waals surface area contributed by atoms with E-state index in [1.807, 2.05) is 55.5 Å². The molecule has 2 aromatic carbocycles. The maximum absolute atomic E-state index is 13.3. The number of pyridine rings is 1. The van der Waals surface area contributed by atoms with Crippen LogP contribution in [0.25, 0.3) is 10.9 Å². The molecule has 0 aliphatic heterocycles. The van der Waals surface area contributed by atoms with Crippen LogP contribution in [0.2, 0.25) is 5.02 Å². The minimum Gasteiger partial charge on any atom is -0.494 e. The molecule has 0 unspecified atom stereocenters. The average molecular weight is 468 g/mol. The number of carbonyl (C=O) groups excluding carboxylic acids is 1. The lowest BCUT2D eigenvalue weighted by Crippen LogP contribution is -2.45. The first-order valence-electron chi connectivity index (χ1n) is 11.6. The summed E-state index contributed by atoms with van der Waals surface area (Å²) in [6, 6.07) is 14.9. The molecule has 0 bridgehead atoms. The summed E-state index contributed by atoms with van der Waals surface area (Å²) in [5, 5.41) is 4.70. The van der Waals surface area contributed by atoms with Crippen molar-refractivity contribution in [3.8, 4) is 5.75 Å². The standard InChI is InChI=1S/C26H30ClN3O3/c1-2-33-23-12-13-24-19(15-23)14-20(25(31)29-24)17-30(16-18-8-10-21(27)11-9-18)26(32)28-22-6-4-3-5-7-22/h8-15,22H,2-7,16-17H2,1H3,(H,28,32)(H,29,31). The van der Waals surface area contributed by atoms with Crippen molar-refractivity contribution in [1.29, 1.82) is 0 Å². The summed E-state index contributed by atoms with van der Waals surface area (Å²) in [7, 11) is 0. The summed E-state index contributed by atoms with van der Waals surface area (Å²) in [6.07, 6.45) is 5.48. The monoisotopic (exact) mass is 467 g/mol. The van der Waals surface area contributed by atoms with E-state index in [4.69, 9.17) is 16.3 Å². The Hall–Kier alpha value is -2.99. The zero-order valence-electron chi connectivity index (χ0n) is 18.9. The number of carbonyl (C=O) groups is 1. The van der Waals surface area contributed by atoms with Gasteiger partial charge in [0.2, 0.25) is 0 Å². The third-order valence-corrected chi connectivity index (χ3v) is 6.32. The number of rotatable bonds is 7. The van der Waals surface area contributed by atoms with Gasteiger partial charge in [-0.25, -0.2) is 4.79 Å². The lowest BCUT2D eigenvalue weighted by molar-refractivity contribution is 0.184. The molecule has 4 rings (SSSR count). The number of ether oxygens (including phenoxy) is 1. The van der Waals surface area contributed by atoms with Gasteiger partial charge >= 0.3 is 6.03 Å². The second-order valence-electron chi connectivity index (χ2n) is 8.57. The van der Waals surface area contributed by atoms with Crippen molar-refractivity contribution in [1.82, 2.24) is 15.2 Å². The molecule has 2 amide bonds. The molecule has 1 aliphatic rings. The van der Waals surface area contributed by atoms with Gasteiger partial charge in [0.25, 0.3) is 5.56 Å². The van der Waals surface area contributed by atoms with Gasteiger partial charge in [0.15, 0.2) is 0 Å². The van der Waals surface area contributed by atoms with Crippen LogP contribution in [-0.4, -0.2) is 28.6 Å². The predicted octanol–water partition coefficient (Wildman–Crippen LogP) is 5.62. The summed E-state index contributed by atoms with van der Waals surface area (Å²) >= 11 is 6.03. The number of halogens is 1. The largest absolute Gasteiger partial charge is 0.494 e. The molecule has 6 nitrogen and oxygen atoms in total. The molecule has 1 heterocycles. The van der Waals surface area contributed by atoms with Gasteiger partial charge in [0.1, 0.15) is 5.75 Å². The number of amides is 2. The number of aromatic amines is 1. The highest BCUT2D eigenvalue weighted by molar-refractivity contribution is 6.30. The fourth-order valence-corrected chi connectivity index (χ4v) is 4.46. The van der Waals surface area contributed by atoms with Gasteiger partial charge in [-0.05, 0) is 61.7 Å². The molecule has 1 aromatic heterocycles. The Morgan fingerprint density at radius 3 is 2.58 bits per heavy atom. The normalized spacial score (nSPS) is 14.2. The van der Waals surface area contributed by atoms with Crippen molar-refractivity contribution in [3.05, 3.63) is 75.0 Å². The summed E-state index contributed by atoms with van der Waals surface area (Å²) in [4.78, 5) is 30.7. The van der Waals surface area contributed by atoms with Gasteiger partial charge < -0.3 is 19.9 Å². The van der Waals surface area contributed by atoms with Crippen molar-refractivity contribution >= 4 is 28.5 Å². The molecule has 33 heavy (non-hydrogen) atoms. The van der Waals surface area contributed by atoms with E-state index < -0.39 is 0 Å². The first-order valence-corrected chi connectivity index (χ1v) is 12.0. The van der Waals surface area contributed by atoms with Crippen LogP contribution in [0, 0.1) is 0 Å². The maximum Gasteiger partial charge on any atom is 0.318 e. The summed E-state index contributed by atoms with van der Waals surface area (Å²) in [5.41, 5.74) is 2.03. The van der Waals surface area contributed by atoms with Gasteiger partial charge in [-0.2, -0.15) is 0 Å². The molecule has 7 heteroatoms. The molecule has 0 spiro atoms. The molecule has 2 N–H and O–H groups in total. The van der Waals surface area contributed by atoms with E-state index in [2.05, 4.69) is 10.3 Å². The summed E-state index contributed by atoms with van der Waals surface area (Å²) in [5.74, 6) is 0.746. The molecular formula is C26H30ClN3O3. The van der Waals surface area contributed by atoms with Crippen LogP contribution in [0.1, 0.15) is 50.2 Å². The van der Waals surface area contributed by atoms with Crippen molar-refractivity contribution in [2.45, 2.75) is 58.2 Å². The van der Waals surface area contributed by atoms with Crippen LogP contribution in [-0.2, 0) is 13.1 Å². The number of nitrogens with one attached hydrogen (secondary N) is 2. The molecule has 0 atom stereocenters. The highest BCUT2D eigenvalue weighted by Gasteiger charge is 2.21. The Morgan fingerprint density at radius 1 is 1.09 bits per heavy atom. The Morgan fingerprint density at radius 2 is 1.85 bits per heavy atom. The van der Waals surface area contributed by atoms with E-state index >= 15 is 0 Å². The first kappa shape index (κ1) is 23.2. The first-order chi connectivity index (χ1) is 16.0. The average Bonchev–Trinajstić information content (AvgIpc) is 2.81. The molecule has 1 saturated carbocycles. The minimum absolute atomic E-state index is 0.153. The second kappa shape index (κ2) is 10.8. The van der Waals surface area contributed by atoms with Gasteiger partial charge in [-0.3, -0.25) is 4.79 Å². The van der Waals surface area contributed by atoms with E-state index in [0.29, 0.717) is 23.7 Å². The third kappa shape index (κ3) is 6.08. The van der Waals surface area contributed by atoms with Crippen molar-refractivity contribution in [3.63, 3.8) is 0 Å². The SMILES string of the molecule is CCOc1ccc2[nH]c(=O)c(CN(Cc3ccc(Cl)cc3)C(=O)NC3CCCCC3)cc2c1. The number of benzene rings is 2. The fourth-order valence-electron chi connectivity index (χ4n) is 4.33. The smallest absolute Gasteiger partial charge is 0.318 e. The molecule has 1 fully saturated rings. The van der Waals surface area contributed by atoms with Crippen LogP contribution >= 0.6 is 11.6 Å². The molecule has 0 radical (unpaired) electrons. The Labute approximate surface area is 198 Å². The lowest BCUT2D eigenvalue weighted by atomic mass is 9.96. The molecular weight excluding hydrogens is 438 g/mol. The van der Waals surface area contributed by atoms with E-state index in [1.54, 1.807) is 4.90 Å². The highest BCUT2D eigenvalue weighted by atomic mass is 35.5. The fraction of sp³-hybridized carbons (Fsp3) is 0.385. The summed E-state index contributed by atoms with van der Waals surface area (Å²) < 4.78 is 5.60. The number of fused-ring (bicyclic) bond motifs is 1. The predicted molar refractivity (Wildman–Crippen MR) is 132 cm³/mol. The molecule has 174 valence electrons. The zero-order valence-corrected chi connectivity index (χ0v) is 19.7. The maximum atomic E-state index is 13.3. The number of hydrogen-bond acceptors (Lipinski definition) is 3. The zero-order chi connectivity index (χ0) is 23.2. The number of H-pyrrole nitrogens is 1. The van der Waals surface area contributed by atoms with Gasteiger partial charge in [0, 0.05) is 34.1 Å². The number of nitrogens with zero attached hydrogens (tertiary/aromatic N) is 1. The van der Waals surface area contributed by atoms with Gasteiger partial charge in [-0.15, -0.1) is 0 Å². The Balaban J connectivity index is 1.60. The van der Waals surface area contributed by atoms with Gasteiger partial charge in [0.05, 0.1) is 13.2 Å². The van der Waals surface area contributed by atoms with Crippen LogP contribution in [0.4, 0.5) is 4.79 Å². The Bertz CT molecular complexity index is 1150. The number of hydrogen-bond donors (Lipinski definition) is 2. The van der Waals surface area contributed by atoms with E-state index in [0.717, 1.165) is 47.9 Å². The molecule has 3 aromatic rings. The summed E-state index contributed by atoms with van der Waals surface area (Å²) in [6.45, 7) is 3.08. The second-order valence-corrected chi connectivity index (χ2v) is 9.01. The highest BCUT2D eigenvalue weighted by Crippen LogP contribution is 2.21. The van der Waals surface area contributed by atoms with Crippen molar-refractivity contribution in [2.75, 3.05) is 6.61 Å². The van der Waals surface area contributed by atoms with E-state index in [9.17, 15) is 9.59 Å². The minimum atomic E-state index is -0.196. The number of aromatic nitrogens is 1. The Kier molecular flexibility index (Phi) is 7.55. The van der Waals surface area contributed by atoms with Crippen molar-refractivity contribution in [2.24, 2.45) is 0 Å². The lowest BCUT2D eigenvalue weighted by Gasteiger charge is -2.28. The van der Waals surface area contributed by atoms with Crippen LogP contribution in [0.3, 0.4) is 0 Å². The van der Waals surface area contributed by atoms with Crippen LogP contribution in [0.5, 0.6) is 5.75 Å². The van der Waals surface area contributed by atoms with Crippen LogP contribution in [0.15, 0.2) is 53.3 Å². The number of urea groups is 1. The van der Waals surface area contributed by atoms with Crippen LogP contribution < -0.4 is 15.6 Å².